The maximum absolute atomic E-state index is 12.7. The summed E-state index contributed by atoms with van der Waals surface area (Å²) >= 11 is 6.15. The Labute approximate surface area is 137 Å². The fraction of sp³-hybridized carbons (Fsp3) is 0.533. The normalized spacial score (nSPS) is 19.3. The lowest BCUT2D eigenvalue weighted by atomic mass is 10.1. The molecule has 0 radical (unpaired) electrons. The molecule has 4 nitrogen and oxygen atoms in total. The van der Waals surface area contributed by atoms with E-state index < -0.39 is 18.3 Å². The Morgan fingerprint density at radius 1 is 1.26 bits per heavy atom. The van der Waals surface area contributed by atoms with Crippen molar-refractivity contribution >= 4 is 17.3 Å². The molecule has 1 aromatic rings. The lowest BCUT2D eigenvalue weighted by Crippen LogP contribution is -2.56. The number of halogens is 4. The van der Waals surface area contributed by atoms with Crippen molar-refractivity contribution in [1.82, 2.24) is 4.90 Å². The molecule has 1 heterocycles. The van der Waals surface area contributed by atoms with Gasteiger partial charge in [-0.15, -0.1) is 0 Å². The molecule has 23 heavy (non-hydrogen) atoms. The topological polar surface area (TPSA) is 50.5 Å². The van der Waals surface area contributed by atoms with E-state index >= 15 is 0 Å². The summed E-state index contributed by atoms with van der Waals surface area (Å²) in [6.07, 6.45) is -4.65. The highest BCUT2D eigenvalue weighted by molar-refractivity contribution is 6.33. The molecule has 1 N–H and O–H groups in total. The van der Waals surface area contributed by atoms with Crippen molar-refractivity contribution < 1.29 is 18.3 Å². The van der Waals surface area contributed by atoms with Crippen LogP contribution in [0.3, 0.4) is 0 Å². The molecule has 0 bridgehead atoms. The predicted octanol–water partition coefficient (Wildman–Crippen LogP) is 2.65. The van der Waals surface area contributed by atoms with Crippen LogP contribution in [0.5, 0.6) is 0 Å². The molecule has 1 aliphatic rings. The van der Waals surface area contributed by atoms with E-state index in [4.69, 9.17) is 16.9 Å². The van der Waals surface area contributed by atoms with Crippen molar-refractivity contribution in [2.45, 2.75) is 18.7 Å². The zero-order chi connectivity index (χ0) is 17.3. The van der Waals surface area contributed by atoms with Crippen LogP contribution in [-0.4, -0.2) is 54.5 Å². The molecule has 1 aromatic carbocycles. The first-order valence-electron chi connectivity index (χ1n) is 7.10. The van der Waals surface area contributed by atoms with Crippen molar-refractivity contribution in [3.05, 3.63) is 28.8 Å². The van der Waals surface area contributed by atoms with E-state index in [9.17, 15) is 18.3 Å². The summed E-state index contributed by atoms with van der Waals surface area (Å²) in [6.45, 7) is 2.12. The molecule has 1 atom stereocenters. The monoisotopic (exact) mass is 347 g/mol. The summed E-state index contributed by atoms with van der Waals surface area (Å²) in [5.74, 6) is 0. The molecular formula is C15H17ClF3N3O. The molecule has 1 fully saturated rings. The first-order valence-corrected chi connectivity index (χ1v) is 7.48. The van der Waals surface area contributed by atoms with Gasteiger partial charge in [-0.2, -0.15) is 18.4 Å². The molecule has 0 amide bonds. The summed E-state index contributed by atoms with van der Waals surface area (Å²) in [4.78, 5) is 3.55. The van der Waals surface area contributed by atoms with Gasteiger partial charge in [0, 0.05) is 32.7 Å². The number of benzene rings is 1. The summed E-state index contributed by atoms with van der Waals surface area (Å²) in [5, 5.41) is 18.8. The first kappa shape index (κ1) is 17.9. The molecule has 0 saturated carbocycles. The van der Waals surface area contributed by atoms with Crippen LogP contribution < -0.4 is 4.90 Å². The quantitative estimate of drug-likeness (QED) is 0.913. The van der Waals surface area contributed by atoms with Gasteiger partial charge in [0.1, 0.15) is 0 Å². The highest BCUT2D eigenvalue weighted by Crippen LogP contribution is 2.32. The molecular weight excluding hydrogens is 331 g/mol. The smallest absolute Gasteiger partial charge is 0.380 e. The van der Waals surface area contributed by atoms with Gasteiger partial charge in [0.25, 0.3) is 0 Å². The van der Waals surface area contributed by atoms with Gasteiger partial charge >= 0.3 is 6.18 Å². The van der Waals surface area contributed by atoms with Gasteiger partial charge in [0.05, 0.1) is 22.3 Å². The second-order valence-corrected chi connectivity index (χ2v) is 6.22. The van der Waals surface area contributed by atoms with E-state index in [2.05, 4.69) is 0 Å². The SMILES string of the molecule is CC(O)(CN1CCN(c2ccc(C#N)cc2Cl)CC1)C(F)(F)F. The summed E-state index contributed by atoms with van der Waals surface area (Å²) in [7, 11) is 0. The first-order chi connectivity index (χ1) is 10.6. The third-order valence-corrected chi connectivity index (χ3v) is 4.23. The van der Waals surface area contributed by atoms with Crippen LogP contribution in [0.25, 0.3) is 0 Å². The Balaban J connectivity index is 1.98. The number of aliphatic hydroxyl groups is 1. The average molecular weight is 348 g/mol. The standard InChI is InChI=1S/C15H17ClF3N3O/c1-14(23,15(17,18)19)10-21-4-6-22(7-5-21)13-3-2-11(9-20)8-12(13)16/h2-3,8,23H,4-7,10H2,1H3. The van der Waals surface area contributed by atoms with Crippen LogP contribution in [0, 0.1) is 11.3 Å². The van der Waals surface area contributed by atoms with Crippen LogP contribution in [0.2, 0.25) is 5.02 Å². The molecule has 1 unspecified atom stereocenters. The highest BCUT2D eigenvalue weighted by atomic mass is 35.5. The van der Waals surface area contributed by atoms with Crippen molar-refractivity contribution in [3.8, 4) is 6.07 Å². The highest BCUT2D eigenvalue weighted by Gasteiger charge is 2.50. The van der Waals surface area contributed by atoms with Gasteiger partial charge in [-0.3, -0.25) is 4.90 Å². The summed E-state index contributed by atoms with van der Waals surface area (Å²) < 4.78 is 38.2. The average Bonchev–Trinajstić information content (AvgIpc) is 2.46. The largest absolute Gasteiger partial charge is 0.418 e. The lowest BCUT2D eigenvalue weighted by Gasteiger charge is -2.39. The van der Waals surface area contributed by atoms with Crippen LogP contribution in [0.15, 0.2) is 18.2 Å². The number of rotatable bonds is 3. The number of nitriles is 1. The number of nitrogens with zero attached hydrogens (tertiary/aromatic N) is 3. The Hall–Kier alpha value is -1.49. The molecule has 8 heteroatoms. The van der Waals surface area contributed by atoms with Crippen molar-refractivity contribution in [2.75, 3.05) is 37.6 Å². The summed E-state index contributed by atoms with van der Waals surface area (Å²) in [6, 6.07) is 6.96. The van der Waals surface area contributed by atoms with Gasteiger partial charge in [0.2, 0.25) is 0 Å². The third kappa shape index (κ3) is 4.08. The van der Waals surface area contributed by atoms with E-state index in [1.807, 2.05) is 11.0 Å². The zero-order valence-corrected chi connectivity index (χ0v) is 13.3. The van der Waals surface area contributed by atoms with Gasteiger partial charge in [-0.1, -0.05) is 11.6 Å². The number of β-amino-alcohol motifs (C(OH)–C–C–N with tert-alkyl or cyclic N) is 1. The van der Waals surface area contributed by atoms with Gasteiger partial charge < -0.3 is 10.0 Å². The Morgan fingerprint density at radius 3 is 2.35 bits per heavy atom. The van der Waals surface area contributed by atoms with E-state index in [0.717, 1.165) is 12.6 Å². The maximum Gasteiger partial charge on any atom is 0.418 e. The molecule has 126 valence electrons. The van der Waals surface area contributed by atoms with E-state index in [1.54, 1.807) is 23.1 Å². The van der Waals surface area contributed by atoms with E-state index in [-0.39, 0.29) is 0 Å². The van der Waals surface area contributed by atoms with E-state index in [0.29, 0.717) is 36.8 Å². The van der Waals surface area contributed by atoms with Crippen LogP contribution >= 0.6 is 11.6 Å². The molecule has 1 aliphatic heterocycles. The van der Waals surface area contributed by atoms with Crippen molar-refractivity contribution in [1.29, 1.82) is 5.26 Å². The molecule has 0 aliphatic carbocycles. The van der Waals surface area contributed by atoms with Crippen molar-refractivity contribution in [3.63, 3.8) is 0 Å². The minimum absolute atomic E-state index is 0.391. The zero-order valence-electron chi connectivity index (χ0n) is 12.6. The van der Waals surface area contributed by atoms with Crippen LogP contribution in [0.4, 0.5) is 18.9 Å². The summed E-state index contributed by atoms with van der Waals surface area (Å²) in [5.41, 5.74) is -1.51. The number of hydrogen-bond acceptors (Lipinski definition) is 4. The molecule has 2 rings (SSSR count). The Morgan fingerprint density at radius 2 is 1.87 bits per heavy atom. The molecule has 0 aromatic heterocycles. The second-order valence-electron chi connectivity index (χ2n) is 5.81. The second kappa shape index (κ2) is 6.56. The lowest BCUT2D eigenvalue weighted by molar-refractivity contribution is -0.257. The third-order valence-electron chi connectivity index (χ3n) is 3.93. The van der Waals surface area contributed by atoms with Crippen LogP contribution in [0.1, 0.15) is 12.5 Å². The molecule has 1 saturated heterocycles. The maximum atomic E-state index is 12.7. The van der Waals surface area contributed by atoms with Gasteiger partial charge in [-0.25, -0.2) is 0 Å². The Bertz CT molecular complexity index is 605. The Kier molecular flexibility index (Phi) is 5.09. The predicted molar refractivity (Wildman–Crippen MR) is 81.5 cm³/mol. The number of alkyl halides is 3. The number of anilines is 1. The van der Waals surface area contributed by atoms with Gasteiger partial charge in [-0.05, 0) is 25.1 Å². The van der Waals surface area contributed by atoms with Gasteiger partial charge in [0.15, 0.2) is 5.60 Å². The minimum atomic E-state index is -4.65. The van der Waals surface area contributed by atoms with E-state index in [1.165, 1.54) is 0 Å². The molecule has 0 spiro atoms. The minimum Gasteiger partial charge on any atom is -0.380 e. The fourth-order valence-corrected chi connectivity index (χ4v) is 2.80. The fourth-order valence-electron chi connectivity index (χ4n) is 2.50. The van der Waals surface area contributed by atoms with Crippen molar-refractivity contribution in [2.24, 2.45) is 0 Å². The number of hydrogen-bond donors (Lipinski definition) is 1. The van der Waals surface area contributed by atoms with Crippen LogP contribution in [-0.2, 0) is 0 Å². The number of piperazine rings is 1.